The Bertz CT molecular complexity index is 1550. The lowest BCUT2D eigenvalue weighted by atomic mass is 10.1. The highest BCUT2D eigenvalue weighted by atomic mass is 32.2. The molecule has 0 aliphatic carbocycles. The Balaban J connectivity index is 1.40. The second-order valence-electron chi connectivity index (χ2n) is 9.34. The Labute approximate surface area is 255 Å². The molecule has 0 aliphatic rings. The predicted octanol–water partition coefficient (Wildman–Crippen LogP) is 6.62. The van der Waals surface area contributed by atoms with Crippen LogP contribution in [0.1, 0.15) is 29.8 Å². The highest BCUT2D eigenvalue weighted by Gasteiger charge is 2.17. The van der Waals surface area contributed by atoms with Gasteiger partial charge in [-0.2, -0.15) is 0 Å². The number of ether oxygens (including phenoxy) is 2. The summed E-state index contributed by atoms with van der Waals surface area (Å²) < 4.78 is 10.6. The molecule has 4 aromatic rings. The van der Waals surface area contributed by atoms with Gasteiger partial charge in [-0.25, -0.2) is 0 Å². The Morgan fingerprint density at radius 1 is 0.791 bits per heavy atom. The Morgan fingerprint density at radius 3 is 2.02 bits per heavy atom. The molecule has 8 nitrogen and oxygen atoms in total. The highest BCUT2D eigenvalue weighted by molar-refractivity contribution is 8.00. The van der Waals surface area contributed by atoms with Crippen LogP contribution in [0, 0.1) is 0 Å². The van der Waals surface area contributed by atoms with Gasteiger partial charge in [-0.3, -0.25) is 14.4 Å². The minimum atomic E-state index is -0.483. The summed E-state index contributed by atoms with van der Waals surface area (Å²) >= 11 is 1.40. The Kier molecular flexibility index (Phi) is 11.0. The molecule has 0 aliphatic heterocycles. The number of hydrogen-bond donors (Lipinski definition) is 3. The summed E-state index contributed by atoms with van der Waals surface area (Å²) in [6, 6.07) is 30.2. The maximum Gasteiger partial charge on any atom is 0.272 e. The van der Waals surface area contributed by atoms with Gasteiger partial charge in [0.2, 0.25) is 5.91 Å². The second kappa shape index (κ2) is 15.3. The third-order valence-corrected chi connectivity index (χ3v) is 7.29. The predicted molar refractivity (Wildman–Crippen MR) is 172 cm³/mol. The van der Waals surface area contributed by atoms with E-state index >= 15 is 0 Å². The fourth-order valence-electron chi connectivity index (χ4n) is 3.93. The molecule has 0 radical (unpaired) electrons. The van der Waals surface area contributed by atoms with Gasteiger partial charge >= 0.3 is 0 Å². The van der Waals surface area contributed by atoms with E-state index in [1.807, 2.05) is 44.2 Å². The first-order valence-corrected chi connectivity index (χ1v) is 14.6. The molecule has 0 bridgehead atoms. The van der Waals surface area contributed by atoms with Gasteiger partial charge in [-0.1, -0.05) is 30.3 Å². The van der Waals surface area contributed by atoms with E-state index in [9.17, 15) is 14.4 Å². The van der Waals surface area contributed by atoms with Crippen LogP contribution in [0.15, 0.2) is 114 Å². The van der Waals surface area contributed by atoms with Crippen molar-refractivity contribution < 1.29 is 23.9 Å². The first-order chi connectivity index (χ1) is 20.8. The van der Waals surface area contributed by atoms with Gasteiger partial charge in [0.25, 0.3) is 11.8 Å². The number of benzene rings is 4. The normalized spacial score (nSPS) is 11.7. The van der Waals surface area contributed by atoms with Crippen LogP contribution in [0.25, 0.3) is 6.08 Å². The molecule has 4 aromatic carbocycles. The maximum absolute atomic E-state index is 13.3. The van der Waals surface area contributed by atoms with Gasteiger partial charge in [-0.05, 0) is 98.3 Å². The van der Waals surface area contributed by atoms with Crippen molar-refractivity contribution in [3.05, 3.63) is 120 Å². The Hall–Kier alpha value is -5.02. The van der Waals surface area contributed by atoms with Gasteiger partial charge in [-0.15, -0.1) is 11.8 Å². The SMILES string of the molecule is CCOc1ccc(NC(=O)C(C)Sc2ccc(NC(=O)/C(=C/c3ccc(OC)cc3)NC(=O)c3ccccc3)cc2)cc1. The summed E-state index contributed by atoms with van der Waals surface area (Å²) in [5.74, 6) is 0.409. The molecule has 3 N–H and O–H groups in total. The van der Waals surface area contributed by atoms with Crippen LogP contribution in [0.4, 0.5) is 11.4 Å². The molecular weight excluding hydrogens is 562 g/mol. The molecule has 0 saturated heterocycles. The zero-order chi connectivity index (χ0) is 30.6. The van der Waals surface area contributed by atoms with Gasteiger partial charge < -0.3 is 25.4 Å². The standard InChI is InChI=1S/C34H33N3O5S/c1-4-42-29-18-12-26(13-19-29)35-32(38)23(2)43-30-20-14-27(15-21-30)36-34(40)31(22-24-10-16-28(41-3)17-11-24)37-33(39)25-8-6-5-7-9-25/h5-23H,4H2,1-3H3,(H,35,38)(H,36,40)(H,37,39)/b31-22-. The lowest BCUT2D eigenvalue weighted by Gasteiger charge is -2.14. The summed E-state index contributed by atoms with van der Waals surface area (Å²) in [6.45, 7) is 4.32. The maximum atomic E-state index is 13.3. The van der Waals surface area contributed by atoms with E-state index in [1.165, 1.54) is 11.8 Å². The third kappa shape index (κ3) is 9.24. The first kappa shape index (κ1) is 30.9. The topological polar surface area (TPSA) is 106 Å². The number of anilines is 2. The quantitative estimate of drug-likeness (QED) is 0.126. The summed E-state index contributed by atoms with van der Waals surface area (Å²) in [4.78, 5) is 39.8. The van der Waals surface area contributed by atoms with E-state index in [0.29, 0.717) is 34.9 Å². The number of rotatable bonds is 12. The third-order valence-electron chi connectivity index (χ3n) is 6.18. The summed E-state index contributed by atoms with van der Waals surface area (Å²) in [5, 5.41) is 8.13. The smallest absolute Gasteiger partial charge is 0.272 e. The lowest BCUT2D eigenvalue weighted by Crippen LogP contribution is -2.30. The van der Waals surface area contributed by atoms with Crippen molar-refractivity contribution >= 4 is 46.9 Å². The second-order valence-corrected chi connectivity index (χ2v) is 10.8. The average Bonchev–Trinajstić information content (AvgIpc) is 3.03. The van der Waals surface area contributed by atoms with Gasteiger partial charge in [0.05, 0.1) is 19.0 Å². The zero-order valence-corrected chi connectivity index (χ0v) is 24.9. The number of thioether (sulfide) groups is 1. The van der Waals surface area contributed by atoms with Crippen molar-refractivity contribution in [3.63, 3.8) is 0 Å². The van der Waals surface area contributed by atoms with Gasteiger partial charge in [0.1, 0.15) is 17.2 Å². The minimum absolute atomic E-state index is 0.0806. The molecule has 0 heterocycles. The molecule has 9 heteroatoms. The fraction of sp³-hybridized carbons (Fsp3) is 0.147. The molecule has 43 heavy (non-hydrogen) atoms. The molecule has 0 spiro atoms. The van der Waals surface area contributed by atoms with Crippen LogP contribution in [0.5, 0.6) is 11.5 Å². The monoisotopic (exact) mass is 595 g/mol. The lowest BCUT2D eigenvalue weighted by molar-refractivity contribution is -0.115. The van der Waals surface area contributed by atoms with E-state index in [1.54, 1.807) is 86.0 Å². The van der Waals surface area contributed by atoms with Crippen molar-refractivity contribution in [1.82, 2.24) is 5.32 Å². The summed E-state index contributed by atoms with van der Waals surface area (Å²) in [5.41, 5.74) is 2.45. The molecule has 4 rings (SSSR count). The minimum Gasteiger partial charge on any atom is -0.497 e. The molecule has 0 aromatic heterocycles. The number of hydrogen-bond acceptors (Lipinski definition) is 6. The zero-order valence-electron chi connectivity index (χ0n) is 24.1. The van der Waals surface area contributed by atoms with Crippen molar-refractivity contribution in [1.29, 1.82) is 0 Å². The molecule has 220 valence electrons. The Morgan fingerprint density at radius 2 is 1.40 bits per heavy atom. The molecule has 0 saturated carbocycles. The van der Waals surface area contributed by atoms with Gasteiger partial charge in [0.15, 0.2) is 0 Å². The number of methoxy groups -OCH3 is 1. The molecular formula is C34H33N3O5S. The van der Waals surface area contributed by atoms with E-state index in [2.05, 4.69) is 16.0 Å². The van der Waals surface area contributed by atoms with Crippen molar-refractivity contribution in [3.8, 4) is 11.5 Å². The fourth-order valence-corrected chi connectivity index (χ4v) is 4.79. The molecule has 0 fully saturated rings. The molecule has 1 unspecified atom stereocenters. The van der Waals surface area contributed by atoms with Crippen molar-refractivity contribution in [2.45, 2.75) is 24.0 Å². The highest BCUT2D eigenvalue weighted by Crippen LogP contribution is 2.26. The number of amides is 3. The van der Waals surface area contributed by atoms with Crippen LogP contribution in [0.3, 0.4) is 0 Å². The van der Waals surface area contributed by atoms with Gasteiger partial charge in [0, 0.05) is 21.8 Å². The summed E-state index contributed by atoms with van der Waals surface area (Å²) in [6.07, 6.45) is 1.60. The van der Waals surface area contributed by atoms with Crippen LogP contribution in [-0.2, 0) is 9.59 Å². The van der Waals surface area contributed by atoms with E-state index in [4.69, 9.17) is 9.47 Å². The van der Waals surface area contributed by atoms with Crippen molar-refractivity contribution in [2.24, 2.45) is 0 Å². The van der Waals surface area contributed by atoms with Crippen LogP contribution in [-0.4, -0.2) is 36.7 Å². The largest absolute Gasteiger partial charge is 0.497 e. The molecule has 1 atom stereocenters. The van der Waals surface area contributed by atoms with E-state index in [-0.39, 0.29) is 16.9 Å². The van der Waals surface area contributed by atoms with E-state index in [0.717, 1.165) is 10.6 Å². The van der Waals surface area contributed by atoms with Crippen molar-refractivity contribution in [2.75, 3.05) is 24.4 Å². The average molecular weight is 596 g/mol. The number of carbonyl (C=O) groups excluding carboxylic acids is 3. The first-order valence-electron chi connectivity index (χ1n) is 13.7. The number of nitrogens with one attached hydrogen (secondary N) is 3. The van der Waals surface area contributed by atoms with Crippen LogP contribution >= 0.6 is 11.8 Å². The number of carbonyl (C=O) groups is 3. The van der Waals surface area contributed by atoms with Crippen LogP contribution in [0.2, 0.25) is 0 Å². The van der Waals surface area contributed by atoms with E-state index < -0.39 is 11.8 Å². The van der Waals surface area contributed by atoms with Crippen LogP contribution < -0.4 is 25.4 Å². The summed E-state index contributed by atoms with van der Waals surface area (Å²) in [7, 11) is 1.58. The molecule has 3 amide bonds.